The van der Waals surface area contributed by atoms with Crippen molar-refractivity contribution in [3.05, 3.63) is 18.5 Å². The molecular formula is C17H27N5O. The quantitative estimate of drug-likeness (QED) is 0.887. The Hall–Kier alpha value is -1.69. The summed E-state index contributed by atoms with van der Waals surface area (Å²) >= 11 is 0. The van der Waals surface area contributed by atoms with Gasteiger partial charge in [-0.15, -0.1) is 0 Å². The molecule has 126 valence electrons. The minimum atomic E-state index is 0.0454. The molecule has 3 rings (SSSR count). The monoisotopic (exact) mass is 317 g/mol. The van der Waals surface area contributed by atoms with Crippen LogP contribution >= 0.6 is 0 Å². The average molecular weight is 317 g/mol. The third kappa shape index (κ3) is 3.99. The first-order valence-corrected chi connectivity index (χ1v) is 8.81. The molecule has 0 saturated carbocycles. The van der Waals surface area contributed by atoms with E-state index < -0.39 is 0 Å². The lowest BCUT2D eigenvalue weighted by Crippen LogP contribution is -2.46. The summed E-state index contributed by atoms with van der Waals surface area (Å²) in [6.07, 6.45) is 7.93. The van der Waals surface area contributed by atoms with Crippen LogP contribution in [0.3, 0.4) is 0 Å². The molecule has 0 aromatic carbocycles. The number of piperidine rings is 1. The van der Waals surface area contributed by atoms with E-state index >= 15 is 0 Å². The Labute approximate surface area is 138 Å². The molecule has 0 bridgehead atoms. The van der Waals surface area contributed by atoms with Crippen molar-refractivity contribution < 1.29 is 4.79 Å². The van der Waals surface area contributed by atoms with Crippen LogP contribution < -0.4 is 10.2 Å². The molecule has 0 aliphatic carbocycles. The molecule has 2 aliphatic heterocycles. The molecule has 1 N–H and O–H groups in total. The van der Waals surface area contributed by atoms with E-state index in [-0.39, 0.29) is 11.8 Å². The van der Waals surface area contributed by atoms with Crippen molar-refractivity contribution in [2.24, 2.45) is 5.92 Å². The minimum Gasteiger partial charge on any atom is -0.354 e. The van der Waals surface area contributed by atoms with Gasteiger partial charge >= 0.3 is 0 Å². The predicted molar refractivity (Wildman–Crippen MR) is 90.2 cm³/mol. The number of nitrogens with zero attached hydrogens (tertiary/aromatic N) is 4. The molecule has 1 aromatic heterocycles. The van der Waals surface area contributed by atoms with Gasteiger partial charge in [0.2, 0.25) is 11.9 Å². The maximum absolute atomic E-state index is 12.5. The van der Waals surface area contributed by atoms with E-state index in [4.69, 9.17) is 0 Å². The second kappa shape index (κ2) is 7.73. The lowest BCUT2D eigenvalue weighted by molar-refractivity contribution is -0.125. The third-order valence-corrected chi connectivity index (χ3v) is 5.04. The van der Waals surface area contributed by atoms with Gasteiger partial charge in [0.1, 0.15) is 0 Å². The Kier molecular flexibility index (Phi) is 5.43. The Bertz CT molecular complexity index is 509. The van der Waals surface area contributed by atoms with Crippen LogP contribution in [0.5, 0.6) is 0 Å². The Morgan fingerprint density at radius 3 is 2.83 bits per heavy atom. The standard InChI is InChI=1S/C17H27N5O/c1-2-21-10-4-7-15(21)12-20-16(23)14-6-3-11-22(13-14)17-18-8-5-9-19-17/h5,8-9,14-15H,2-4,6-7,10-13H2,1H3,(H,20,23)/t14-,15-/m1/s1. The number of anilines is 1. The highest BCUT2D eigenvalue weighted by atomic mass is 16.1. The van der Waals surface area contributed by atoms with Gasteiger partial charge in [-0.2, -0.15) is 0 Å². The molecule has 0 radical (unpaired) electrons. The van der Waals surface area contributed by atoms with Crippen molar-refractivity contribution in [1.29, 1.82) is 0 Å². The number of likely N-dealkylation sites (tertiary alicyclic amines) is 1. The molecule has 6 nitrogen and oxygen atoms in total. The highest BCUT2D eigenvalue weighted by Gasteiger charge is 2.28. The van der Waals surface area contributed by atoms with Crippen molar-refractivity contribution in [2.75, 3.05) is 37.6 Å². The van der Waals surface area contributed by atoms with Crippen LogP contribution in [0.4, 0.5) is 5.95 Å². The van der Waals surface area contributed by atoms with Crippen LogP contribution in [-0.4, -0.2) is 59.5 Å². The Morgan fingerprint density at radius 1 is 1.26 bits per heavy atom. The van der Waals surface area contributed by atoms with Crippen LogP contribution in [0.25, 0.3) is 0 Å². The molecule has 2 aliphatic rings. The van der Waals surface area contributed by atoms with Gasteiger partial charge in [-0.1, -0.05) is 6.92 Å². The molecule has 3 heterocycles. The second-order valence-corrected chi connectivity index (χ2v) is 6.50. The summed E-state index contributed by atoms with van der Waals surface area (Å²) in [5.41, 5.74) is 0. The van der Waals surface area contributed by atoms with E-state index in [0.717, 1.165) is 45.0 Å². The first kappa shape index (κ1) is 16.2. The van der Waals surface area contributed by atoms with Crippen LogP contribution in [0.2, 0.25) is 0 Å². The predicted octanol–water partition coefficient (Wildman–Crippen LogP) is 1.29. The normalized spacial score (nSPS) is 25.5. The number of nitrogens with one attached hydrogen (secondary N) is 1. The van der Waals surface area contributed by atoms with Gasteiger partial charge < -0.3 is 10.2 Å². The van der Waals surface area contributed by atoms with Crippen molar-refractivity contribution in [3.8, 4) is 0 Å². The summed E-state index contributed by atoms with van der Waals surface area (Å²) in [7, 11) is 0. The fourth-order valence-electron chi connectivity index (χ4n) is 3.73. The first-order valence-electron chi connectivity index (χ1n) is 8.81. The fraction of sp³-hybridized carbons (Fsp3) is 0.706. The third-order valence-electron chi connectivity index (χ3n) is 5.04. The smallest absolute Gasteiger partial charge is 0.225 e. The van der Waals surface area contributed by atoms with Gasteiger partial charge in [0, 0.05) is 38.1 Å². The topological polar surface area (TPSA) is 61.4 Å². The molecule has 2 atom stereocenters. The number of hydrogen-bond donors (Lipinski definition) is 1. The van der Waals surface area contributed by atoms with Crippen LogP contribution in [0.15, 0.2) is 18.5 Å². The molecule has 2 saturated heterocycles. The minimum absolute atomic E-state index is 0.0454. The molecule has 1 amide bonds. The first-order chi connectivity index (χ1) is 11.3. The van der Waals surface area contributed by atoms with Gasteiger partial charge in [-0.05, 0) is 44.8 Å². The van der Waals surface area contributed by atoms with Gasteiger partial charge in [-0.3, -0.25) is 9.69 Å². The van der Waals surface area contributed by atoms with Crippen LogP contribution in [0.1, 0.15) is 32.6 Å². The molecule has 2 fully saturated rings. The number of likely N-dealkylation sites (N-methyl/N-ethyl adjacent to an activating group) is 1. The van der Waals surface area contributed by atoms with E-state index in [9.17, 15) is 4.79 Å². The lowest BCUT2D eigenvalue weighted by atomic mass is 9.97. The van der Waals surface area contributed by atoms with E-state index in [1.165, 1.54) is 19.4 Å². The lowest BCUT2D eigenvalue weighted by Gasteiger charge is -2.32. The summed E-state index contributed by atoms with van der Waals surface area (Å²) in [4.78, 5) is 25.7. The van der Waals surface area contributed by atoms with Crippen molar-refractivity contribution in [1.82, 2.24) is 20.2 Å². The molecular weight excluding hydrogens is 290 g/mol. The van der Waals surface area contributed by atoms with Gasteiger partial charge in [-0.25, -0.2) is 9.97 Å². The maximum Gasteiger partial charge on any atom is 0.225 e. The Morgan fingerprint density at radius 2 is 2.04 bits per heavy atom. The number of aromatic nitrogens is 2. The number of carbonyl (C=O) groups excluding carboxylic acids is 1. The number of rotatable bonds is 5. The molecule has 23 heavy (non-hydrogen) atoms. The fourth-order valence-corrected chi connectivity index (χ4v) is 3.73. The number of carbonyl (C=O) groups is 1. The van der Waals surface area contributed by atoms with Crippen molar-refractivity contribution >= 4 is 11.9 Å². The van der Waals surface area contributed by atoms with E-state index in [1.807, 2.05) is 6.07 Å². The molecule has 0 spiro atoms. The van der Waals surface area contributed by atoms with Crippen molar-refractivity contribution in [3.63, 3.8) is 0 Å². The largest absolute Gasteiger partial charge is 0.354 e. The SMILES string of the molecule is CCN1CCC[C@@H]1CNC(=O)[C@@H]1CCCN(c2ncccn2)C1. The van der Waals surface area contributed by atoms with E-state index in [2.05, 4.69) is 32.0 Å². The summed E-state index contributed by atoms with van der Waals surface area (Å²) in [6.45, 7) is 6.87. The zero-order valence-electron chi connectivity index (χ0n) is 13.9. The molecule has 1 aromatic rings. The summed E-state index contributed by atoms with van der Waals surface area (Å²) in [5, 5.41) is 3.18. The zero-order chi connectivity index (χ0) is 16.1. The number of hydrogen-bond acceptors (Lipinski definition) is 5. The van der Waals surface area contributed by atoms with Gasteiger partial charge in [0.25, 0.3) is 0 Å². The van der Waals surface area contributed by atoms with Crippen LogP contribution in [-0.2, 0) is 4.79 Å². The Balaban J connectivity index is 1.51. The van der Waals surface area contributed by atoms with Crippen LogP contribution in [0, 0.1) is 5.92 Å². The van der Waals surface area contributed by atoms with Crippen molar-refractivity contribution in [2.45, 2.75) is 38.6 Å². The summed E-state index contributed by atoms with van der Waals surface area (Å²) in [6, 6.07) is 2.33. The summed E-state index contributed by atoms with van der Waals surface area (Å²) < 4.78 is 0. The average Bonchev–Trinajstić information content (AvgIpc) is 3.08. The van der Waals surface area contributed by atoms with E-state index in [1.54, 1.807) is 12.4 Å². The van der Waals surface area contributed by atoms with Gasteiger partial charge in [0.05, 0.1) is 5.92 Å². The highest BCUT2D eigenvalue weighted by Crippen LogP contribution is 2.21. The number of amides is 1. The molecule has 0 unspecified atom stereocenters. The van der Waals surface area contributed by atoms with E-state index in [0.29, 0.717) is 6.04 Å². The maximum atomic E-state index is 12.5. The highest BCUT2D eigenvalue weighted by molar-refractivity contribution is 5.79. The van der Waals surface area contributed by atoms with Gasteiger partial charge in [0.15, 0.2) is 0 Å². The summed E-state index contributed by atoms with van der Waals surface area (Å²) in [5.74, 6) is 0.968. The second-order valence-electron chi connectivity index (χ2n) is 6.50. The molecule has 6 heteroatoms. The zero-order valence-corrected chi connectivity index (χ0v) is 13.9.